The van der Waals surface area contributed by atoms with Gasteiger partial charge in [-0.05, 0) is 19.3 Å². The van der Waals surface area contributed by atoms with E-state index in [-0.39, 0.29) is 12.4 Å². The van der Waals surface area contributed by atoms with Gasteiger partial charge < -0.3 is 21.9 Å². The predicted octanol–water partition coefficient (Wildman–Crippen LogP) is -0.137. The second-order valence-corrected chi connectivity index (χ2v) is 3.63. The molecule has 0 bridgehead atoms. The number of carbonyl (C=O) groups is 1. The Balaban J connectivity index is 3.72. The average molecular weight is 270 g/mol. The van der Waals surface area contributed by atoms with Crippen molar-refractivity contribution >= 4 is 11.9 Å². The van der Waals surface area contributed by atoms with Gasteiger partial charge in [0.25, 0.3) is 0 Å². The topological polar surface area (TPSA) is 117 Å². The molecule has 0 heterocycles. The summed E-state index contributed by atoms with van der Waals surface area (Å²) in [5.74, 6) is -1.10. The molecule has 0 spiro atoms. The van der Waals surface area contributed by atoms with Crippen molar-refractivity contribution in [1.82, 2.24) is 0 Å². The largest absolute Gasteiger partial charge is 0.455 e. The van der Waals surface area contributed by atoms with Crippen LogP contribution < -0.4 is 17.2 Å². The first kappa shape index (κ1) is 16.5. The first-order chi connectivity index (χ1) is 8.22. The molecule has 0 fully saturated rings. The molecule has 0 aliphatic heterocycles. The second-order valence-electron chi connectivity index (χ2n) is 3.63. The number of carbonyl (C=O) groups excluding carboxylic acids is 1. The maximum absolute atomic E-state index is 11.8. The van der Waals surface area contributed by atoms with Crippen molar-refractivity contribution in [2.75, 3.05) is 13.2 Å². The molecule has 0 saturated heterocycles. The number of hydrogen-bond donors (Lipinski definition) is 3. The van der Waals surface area contributed by atoms with Gasteiger partial charge >= 0.3 is 12.1 Å². The van der Waals surface area contributed by atoms with E-state index in [0.29, 0.717) is 19.4 Å². The summed E-state index contributed by atoms with van der Waals surface area (Å²) in [4.78, 5) is 14.7. The van der Waals surface area contributed by atoms with E-state index >= 15 is 0 Å². The highest BCUT2D eigenvalue weighted by atomic mass is 19.4. The predicted molar refractivity (Wildman–Crippen MR) is 59.5 cm³/mol. The van der Waals surface area contributed by atoms with E-state index in [9.17, 15) is 18.0 Å². The lowest BCUT2D eigenvalue weighted by Crippen LogP contribution is -2.34. The normalized spacial score (nSPS) is 12.9. The summed E-state index contributed by atoms with van der Waals surface area (Å²) >= 11 is 0. The van der Waals surface area contributed by atoms with Gasteiger partial charge in [0.05, 0.1) is 0 Å². The highest BCUT2D eigenvalue weighted by Gasteiger charge is 2.30. The minimum atomic E-state index is -4.54. The van der Waals surface area contributed by atoms with E-state index in [1.807, 2.05) is 0 Å². The molecule has 1 unspecified atom stereocenters. The van der Waals surface area contributed by atoms with Gasteiger partial charge in [-0.25, -0.2) is 0 Å². The summed E-state index contributed by atoms with van der Waals surface area (Å²) < 4.78 is 39.3. The minimum Gasteiger partial charge on any atom is -0.455 e. The van der Waals surface area contributed by atoms with E-state index < -0.39 is 24.8 Å². The van der Waals surface area contributed by atoms with E-state index in [1.165, 1.54) is 0 Å². The zero-order valence-corrected chi connectivity index (χ0v) is 9.74. The highest BCUT2D eigenvalue weighted by molar-refractivity contribution is 5.75. The number of guanidine groups is 1. The molecule has 6 nitrogen and oxygen atoms in total. The molecule has 0 amide bonds. The number of ether oxygens (including phenoxy) is 1. The smallest absolute Gasteiger partial charge is 0.422 e. The third kappa shape index (κ3) is 9.70. The first-order valence-corrected chi connectivity index (χ1v) is 5.26. The fourth-order valence-corrected chi connectivity index (χ4v) is 1.06. The van der Waals surface area contributed by atoms with Crippen LogP contribution in [0.15, 0.2) is 4.99 Å². The minimum absolute atomic E-state index is 0.0381. The molecule has 0 aliphatic carbocycles. The molecule has 0 radical (unpaired) electrons. The Morgan fingerprint density at radius 3 is 2.39 bits per heavy atom. The van der Waals surface area contributed by atoms with Gasteiger partial charge in [-0.15, -0.1) is 0 Å². The molecule has 0 rings (SSSR count). The first-order valence-electron chi connectivity index (χ1n) is 5.26. The van der Waals surface area contributed by atoms with Crippen molar-refractivity contribution in [2.24, 2.45) is 22.2 Å². The van der Waals surface area contributed by atoms with Gasteiger partial charge in [0.2, 0.25) is 0 Å². The van der Waals surface area contributed by atoms with Crippen molar-refractivity contribution in [3.05, 3.63) is 0 Å². The van der Waals surface area contributed by atoms with Crippen LogP contribution in [-0.4, -0.2) is 37.3 Å². The third-order valence-electron chi connectivity index (χ3n) is 1.90. The lowest BCUT2D eigenvalue weighted by molar-refractivity contribution is -0.187. The van der Waals surface area contributed by atoms with Gasteiger partial charge in [-0.1, -0.05) is 0 Å². The molecule has 0 aromatic heterocycles. The number of unbranched alkanes of at least 4 members (excludes halogenated alkanes) is 1. The zero-order valence-electron chi connectivity index (χ0n) is 9.74. The molecular weight excluding hydrogens is 253 g/mol. The van der Waals surface area contributed by atoms with Crippen LogP contribution >= 0.6 is 0 Å². The number of rotatable bonds is 7. The number of esters is 1. The van der Waals surface area contributed by atoms with Crippen molar-refractivity contribution in [1.29, 1.82) is 0 Å². The maximum Gasteiger partial charge on any atom is 0.422 e. The van der Waals surface area contributed by atoms with Gasteiger partial charge in [-0.2, -0.15) is 13.2 Å². The number of nitrogens with two attached hydrogens (primary N) is 3. The van der Waals surface area contributed by atoms with Crippen molar-refractivity contribution in [2.45, 2.75) is 31.5 Å². The number of aliphatic imine (C=N–C) groups is 1. The van der Waals surface area contributed by atoms with Crippen LogP contribution in [0.25, 0.3) is 0 Å². The number of hydrogen-bond acceptors (Lipinski definition) is 4. The van der Waals surface area contributed by atoms with Crippen LogP contribution in [0.3, 0.4) is 0 Å². The Labute approximate surface area is 102 Å². The van der Waals surface area contributed by atoms with Crippen LogP contribution in [0, 0.1) is 0 Å². The average Bonchev–Trinajstić information content (AvgIpc) is 2.23. The molecule has 9 heteroatoms. The van der Waals surface area contributed by atoms with E-state index in [1.54, 1.807) is 0 Å². The van der Waals surface area contributed by atoms with Crippen LogP contribution in [0.1, 0.15) is 19.3 Å². The summed E-state index contributed by atoms with van der Waals surface area (Å²) in [5, 5.41) is 0. The fourth-order valence-electron chi connectivity index (χ4n) is 1.06. The molecular formula is C9H17F3N4O2. The zero-order chi connectivity index (χ0) is 14.2. The summed E-state index contributed by atoms with van der Waals surface area (Å²) in [6.07, 6.45) is -3.23. The lowest BCUT2D eigenvalue weighted by atomic mass is 10.1. The molecule has 0 aromatic carbocycles. The Morgan fingerprint density at radius 1 is 1.28 bits per heavy atom. The molecule has 0 saturated carbocycles. The third-order valence-corrected chi connectivity index (χ3v) is 1.90. The summed E-state index contributed by atoms with van der Waals surface area (Å²) in [6.45, 7) is -1.24. The summed E-state index contributed by atoms with van der Waals surface area (Å²) in [6, 6.07) is -1.06. The van der Waals surface area contributed by atoms with Crippen LogP contribution in [0.4, 0.5) is 13.2 Å². The van der Waals surface area contributed by atoms with E-state index in [0.717, 1.165) is 0 Å². The number of halogens is 3. The molecule has 6 N–H and O–H groups in total. The van der Waals surface area contributed by atoms with Crippen molar-refractivity contribution in [3.63, 3.8) is 0 Å². The maximum atomic E-state index is 11.8. The Bertz CT molecular complexity index is 290. The van der Waals surface area contributed by atoms with Crippen molar-refractivity contribution < 1.29 is 22.7 Å². The molecule has 1 atom stereocenters. The standard InChI is InChI=1S/C9H17F3N4O2/c10-9(11,12)5-18-7(17)6(13)3-1-2-4-16-8(14)15/h6H,1-5,13H2,(H4,14,15,16). The van der Waals surface area contributed by atoms with Crippen LogP contribution in [0.5, 0.6) is 0 Å². The van der Waals surface area contributed by atoms with E-state index in [4.69, 9.17) is 17.2 Å². The Kier molecular flexibility index (Phi) is 7.10. The lowest BCUT2D eigenvalue weighted by Gasteiger charge is -2.12. The summed E-state index contributed by atoms with van der Waals surface area (Å²) in [5.41, 5.74) is 15.5. The van der Waals surface area contributed by atoms with Crippen LogP contribution in [-0.2, 0) is 9.53 Å². The fraction of sp³-hybridized carbons (Fsp3) is 0.778. The van der Waals surface area contributed by atoms with Crippen molar-refractivity contribution in [3.8, 4) is 0 Å². The van der Waals surface area contributed by atoms with Gasteiger partial charge in [0.15, 0.2) is 12.6 Å². The Hall–Kier alpha value is -1.51. The number of nitrogens with zero attached hydrogens (tertiary/aromatic N) is 1. The number of alkyl halides is 3. The molecule has 18 heavy (non-hydrogen) atoms. The monoisotopic (exact) mass is 270 g/mol. The van der Waals surface area contributed by atoms with Gasteiger partial charge in [0.1, 0.15) is 6.04 Å². The SMILES string of the molecule is NC(N)=NCCCCC(N)C(=O)OCC(F)(F)F. The molecule has 0 aliphatic rings. The molecule has 106 valence electrons. The van der Waals surface area contributed by atoms with Gasteiger partial charge in [-0.3, -0.25) is 9.79 Å². The summed E-state index contributed by atoms with van der Waals surface area (Å²) in [7, 11) is 0. The quantitative estimate of drug-likeness (QED) is 0.258. The second kappa shape index (κ2) is 7.75. The van der Waals surface area contributed by atoms with Crippen LogP contribution in [0.2, 0.25) is 0 Å². The van der Waals surface area contributed by atoms with Gasteiger partial charge in [0, 0.05) is 6.54 Å². The molecule has 0 aromatic rings. The van der Waals surface area contributed by atoms with E-state index in [2.05, 4.69) is 9.73 Å². The Morgan fingerprint density at radius 2 is 1.89 bits per heavy atom. The highest BCUT2D eigenvalue weighted by Crippen LogP contribution is 2.15.